The van der Waals surface area contributed by atoms with Crippen LogP contribution in [0.15, 0.2) is 18.2 Å². The third-order valence-corrected chi connectivity index (χ3v) is 4.72. The molecule has 1 aromatic rings. The van der Waals surface area contributed by atoms with Crippen LogP contribution in [0.1, 0.15) is 49.7 Å². The molecule has 0 atom stereocenters. The predicted molar refractivity (Wildman–Crippen MR) is 80.7 cm³/mol. The Morgan fingerprint density at radius 1 is 1.33 bits per heavy atom. The Hall–Kier alpha value is -1.42. The van der Waals surface area contributed by atoms with Crippen molar-refractivity contribution in [3.8, 4) is 0 Å². The summed E-state index contributed by atoms with van der Waals surface area (Å²) in [6.07, 6.45) is 5.39. The molecule has 0 heterocycles. The van der Waals surface area contributed by atoms with Gasteiger partial charge in [-0.1, -0.05) is 31.4 Å². The molecule has 0 unspecified atom stereocenters. The van der Waals surface area contributed by atoms with Gasteiger partial charge in [-0.3, -0.25) is 9.69 Å². The van der Waals surface area contributed by atoms with Gasteiger partial charge in [-0.2, -0.15) is 0 Å². The molecule has 0 saturated heterocycles. The zero-order valence-corrected chi connectivity index (χ0v) is 12.9. The monoisotopic (exact) mass is 293 g/mol. The second-order valence-corrected chi connectivity index (χ2v) is 6.30. The number of carboxylic acids is 1. The fourth-order valence-electron chi connectivity index (χ4n) is 3.43. The van der Waals surface area contributed by atoms with Crippen LogP contribution < -0.4 is 0 Å². The summed E-state index contributed by atoms with van der Waals surface area (Å²) in [4.78, 5) is 13.4. The van der Waals surface area contributed by atoms with E-state index in [1.807, 2.05) is 13.1 Å². The molecule has 3 nitrogen and oxygen atoms in total. The van der Waals surface area contributed by atoms with E-state index in [1.165, 1.54) is 12.5 Å². The summed E-state index contributed by atoms with van der Waals surface area (Å²) in [7, 11) is 1.99. The number of carboxylic acid groups (broad SMARTS) is 1. The Morgan fingerprint density at radius 2 is 2.00 bits per heavy atom. The molecule has 116 valence electrons. The van der Waals surface area contributed by atoms with Crippen molar-refractivity contribution in [3.63, 3.8) is 0 Å². The van der Waals surface area contributed by atoms with Crippen LogP contribution in [-0.2, 0) is 11.3 Å². The number of hydrogen-bond acceptors (Lipinski definition) is 2. The third kappa shape index (κ3) is 3.82. The second-order valence-electron chi connectivity index (χ2n) is 6.30. The van der Waals surface area contributed by atoms with Crippen LogP contribution >= 0.6 is 0 Å². The fourth-order valence-corrected chi connectivity index (χ4v) is 3.43. The minimum atomic E-state index is -0.737. The van der Waals surface area contributed by atoms with Gasteiger partial charge in [-0.15, -0.1) is 0 Å². The standard InChI is InChI=1S/C17H24FNO2/c1-13-10-14(6-7-15(13)18)12-19(2)17(11-16(20)21)8-4-3-5-9-17/h6-7,10H,3-5,8-9,11-12H2,1-2H3,(H,20,21). The average Bonchev–Trinajstić information content (AvgIpc) is 2.43. The molecular formula is C17H24FNO2. The van der Waals surface area contributed by atoms with Crippen LogP contribution in [0.5, 0.6) is 0 Å². The van der Waals surface area contributed by atoms with Gasteiger partial charge in [-0.25, -0.2) is 4.39 Å². The Kier molecular flexibility index (Phi) is 4.99. The number of rotatable bonds is 5. The van der Waals surface area contributed by atoms with E-state index in [0.29, 0.717) is 12.1 Å². The van der Waals surface area contributed by atoms with Gasteiger partial charge in [0.05, 0.1) is 6.42 Å². The van der Waals surface area contributed by atoms with Crippen LogP contribution in [0.25, 0.3) is 0 Å². The lowest BCUT2D eigenvalue weighted by Crippen LogP contribution is -2.49. The molecule has 0 spiro atoms. The third-order valence-electron chi connectivity index (χ3n) is 4.72. The van der Waals surface area contributed by atoms with E-state index in [1.54, 1.807) is 13.0 Å². The minimum absolute atomic E-state index is 0.184. The lowest BCUT2D eigenvalue weighted by Gasteiger charge is -2.44. The van der Waals surface area contributed by atoms with Crippen LogP contribution in [0.3, 0.4) is 0 Å². The molecule has 1 N–H and O–H groups in total. The molecular weight excluding hydrogens is 269 g/mol. The van der Waals surface area contributed by atoms with Crippen molar-refractivity contribution in [3.05, 3.63) is 35.1 Å². The number of aliphatic carboxylic acids is 1. The van der Waals surface area contributed by atoms with Gasteiger partial charge < -0.3 is 5.11 Å². The minimum Gasteiger partial charge on any atom is -0.481 e. The van der Waals surface area contributed by atoms with Crippen molar-refractivity contribution in [2.45, 2.75) is 57.5 Å². The highest BCUT2D eigenvalue weighted by atomic mass is 19.1. The van der Waals surface area contributed by atoms with Gasteiger partial charge in [-0.05, 0) is 44.0 Å². The highest BCUT2D eigenvalue weighted by Crippen LogP contribution is 2.36. The van der Waals surface area contributed by atoms with E-state index in [2.05, 4.69) is 4.90 Å². The molecule has 0 aliphatic heterocycles. The van der Waals surface area contributed by atoms with Crippen molar-refractivity contribution in [1.82, 2.24) is 4.90 Å². The van der Waals surface area contributed by atoms with E-state index in [9.17, 15) is 14.3 Å². The smallest absolute Gasteiger partial charge is 0.305 e. The molecule has 0 bridgehead atoms. The van der Waals surface area contributed by atoms with Crippen LogP contribution in [-0.4, -0.2) is 28.6 Å². The van der Waals surface area contributed by atoms with Crippen LogP contribution in [0.2, 0.25) is 0 Å². The number of halogens is 1. The van der Waals surface area contributed by atoms with E-state index in [0.717, 1.165) is 31.2 Å². The SMILES string of the molecule is Cc1cc(CN(C)C2(CC(=O)O)CCCCC2)ccc1F. The highest BCUT2D eigenvalue weighted by Gasteiger charge is 2.37. The van der Waals surface area contributed by atoms with Gasteiger partial charge in [0.15, 0.2) is 0 Å². The first kappa shape index (κ1) is 16.0. The molecule has 0 aromatic heterocycles. The Bertz CT molecular complexity index is 510. The van der Waals surface area contributed by atoms with E-state index in [4.69, 9.17) is 0 Å². The van der Waals surface area contributed by atoms with Gasteiger partial charge in [0.2, 0.25) is 0 Å². The van der Waals surface area contributed by atoms with Crippen molar-refractivity contribution in [2.75, 3.05) is 7.05 Å². The maximum atomic E-state index is 13.3. The van der Waals surface area contributed by atoms with Crippen molar-refractivity contribution < 1.29 is 14.3 Å². The summed E-state index contributed by atoms with van der Waals surface area (Å²) in [6, 6.07) is 5.13. The molecule has 21 heavy (non-hydrogen) atoms. The number of nitrogens with zero attached hydrogens (tertiary/aromatic N) is 1. The van der Waals surface area contributed by atoms with Crippen molar-refractivity contribution in [2.24, 2.45) is 0 Å². The molecule has 1 aromatic carbocycles. The predicted octanol–water partition coefficient (Wildman–Crippen LogP) is 3.74. The Labute approximate surface area is 125 Å². The summed E-state index contributed by atoms with van der Waals surface area (Å²) in [5, 5.41) is 9.25. The largest absolute Gasteiger partial charge is 0.481 e. The number of carbonyl (C=O) groups is 1. The summed E-state index contributed by atoms with van der Waals surface area (Å²) in [5.41, 5.74) is 1.41. The second kappa shape index (κ2) is 6.56. The molecule has 0 radical (unpaired) electrons. The van der Waals surface area contributed by atoms with Gasteiger partial charge in [0.1, 0.15) is 5.82 Å². The number of hydrogen-bond donors (Lipinski definition) is 1. The lowest BCUT2D eigenvalue weighted by molar-refractivity contribution is -0.141. The van der Waals surface area contributed by atoms with Gasteiger partial charge in [0, 0.05) is 12.1 Å². The zero-order valence-electron chi connectivity index (χ0n) is 12.9. The quantitative estimate of drug-likeness (QED) is 0.899. The maximum Gasteiger partial charge on any atom is 0.305 e. The summed E-state index contributed by atoms with van der Waals surface area (Å²) in [6.45, 7) is 2.42. The molecule has 2 rings (SSSR count). The van der Waals surface area contributed by atoms with Crippen molar-refractivity contribution in [1.29, 1.82) is 0 Å². The number of aryl methyl sites for hydroxylation is 1. The molecule has 1 aliphatic carbocycles. The van der Waals surface area contributed by atoms with Gasteiger partial charge >= 0.3 is 5.97 Å². The number of benzene rings is 1. The Balaban J connectivity index is 2.15. The molecule has 1 saturated carbocycles. The summed E-state index contributed by atoms with van der Waals surface area (Å²) >= 11 is 0. The zero-order chi connectivity index (χ0) is 15.5. The van der Waals surface area contributed by atoms with Crippen LogP contribution in [0, 0.1) is 12.7 Å². The van der Waals surface area contributed by atoms with E-state index >= 15 is 0 Å². The summed E-state index contributed by atoms with van der Waals surface area (Å²) < 4.78 is 13.3. The average molecular weight is 293 g/mol. The summed E-state index contributed by atoms with van der Waals surface area (Å²) in [5.74, 6) is -0.932. The van der Waals surface area contributed by atoms with E-state index < -0.39 is 5.97 Å². The molecule has 0 amide bonds. The Morgan fingerprint density at radius 3 is 2.57 bits per heavy atom. The fraction of sp³-hybridized carbons (Fsp3) is 0.588. The van der Waals surface area contributed by atoms with E-state index in [-0.39, 0.29) is 17.8 Å². The first-order chi connectivity index (χ1) is 9.93. The van der Waals surface area contributed by atoms with Crippen LogP contribution in [0.4, 0.5) is 4.39 Å². The first-order valence-corrected chi connectivity index (χ1v) is 7.61. The van der Waals surface area contributed by atoms with Crippen molar-refractivity contribution >= 4 is 5.97 Å². The van der Waals surface area contributed by atoms with Gasteiger partial charge in [0.25, 0.3) is 0 Å². The lowest BCUT2D eigenvalue weighted by atomic mass is 9.78. The topological polar surface area (TPSA) is 40.5 Å². The molecule has 4 heteroatoms. The maximum absolute atomic E-state index is 13.3. The molecule has 1 aliphatic rings. The normalized spacial score (nSPS) is 17.9. The molecule has 1 fully saturated rings. The first-order valence-electron chi connectivity index (χ1n) is 7.61. The highest BCUT2D eigenvalue weighted by molar-refractivity contribution is 5.68.